The maximum Gasteiger partial charge on any atom is 0.247 e. The summed E-state index contributed by atoms with van der Waals surface area (Å²) < 4.78 is 12.2. The molecule has 6 heterocycles. The minimum atomic E-state index is -0.780. The fourth-order valence-corrected chi connectivity index (χ4v) is 8.69. The van der Waals surface area contributed by atoms with Gasteiger partial charge >= 0.3 is 0 Å². The second-order valence-electron chi connectivity index (χ2n) is 12.6. The minimum Gasteiger partial charge on any atom is -0.480 e. The predicted octanol–water partition coefficient (Wildman–Crippen LogP) is 3.60. The van der Waals surface area contributed by atoms with Gasteiger partial charge in [0.25, 0.3) is 0 Å². The number of fused-ring (bicyclic) bond motifs is 5. The number of carbonyl (C=O) groups is 2. The quantitative estimate of drug-likeness (QED) is 0.581. The summed E-state index contributed by atoms with van der Waals surface area (Å²) in [4.78, 5) is 32.3. The number of hydrogen-bond donors (Lipinski definition) is 1. The lowest BCUT2D eigenvalue weighted by Crippen LogP contribution is -2.78. The molecule has 35 heavy (non-hydrogen) atoms. The van der Waals surface area contributed by atoms with Crippen LogP contribution in [0.15, 0.2) is 36.6 Å². The first-order valence-electron chi connectivity index (χ1n) is 12.6. The smallest absolute Gasteiger partial charge is 0.247 e. The van der Waals surface area contributed by atoms with E-state index in [-0.39, 0.29) is 17.7 Å². The van der Waals surface area contributed by atoms with Crippen molar-refractivity contribution < 1.29 is 19.1 Å². The number of nitrogens with one attached hydrogen (secondary N) is 1. The van der Waals surface area contributed by atoms with Crippen LogP contribution < -0.4 is 14.8 Å². The van der Waals surface area contributed by atoms with Crippen molar-refractivity contribution in [2.45, 2.75) is 69.1 Å². The Hall–Kier alpha value is -2.80. The molecule has 184 valence electrons. The lowest BCUT2D eigenvalue weighted by atomic mass is 9.57. The van der Waals surface area contributed by atoms with Crippen LogP contribution in [-0.4, -0.2) is 58.4 Å². The van der Waals surface area contributed by atoms with Gasteiger partial charge < -0.3 is 19.7 Å². The summed E-state index contributed by atoms with van der Waals surface area (Å²) in [6, 6.07) is 3.98. The molecule has 1 aliphatic carbocycles. The fraction of sp³-hybridized carbons (Fsp3) is 0.571. The molecule has 1 saturated carbocycles. The number of carbonyl (C=O) groups excluding carboxylic acids is 2. The number of amides is 2. The van der Waals surface area contributed by atoms with Crippen LogP contribution in [0.2, 0.25) is 0 Å². The van der Waals surface area contributed by atoms with Crippen LogP contribution in [0.25, 0.3) is 0 Å². The van der Waals surface area contributed by atoms with Gasteiger partial charge in [-0.25, -0.2) is 0 Å². The maximum atomic E-state index is 14.1. The van der Waals surface area contributed by atoms with Crippen LogP contribution in [0.3, 0.4) is 0 Å². The molecule has 8 rings (SSSR count). The van der Waals surface area contributed by atoms with Crippen LogP contribution in [0.4, 0.5) is 5.69 Å². The first-order chi connectivity index (χ1) is 16.4. The molecule has 1 aromatic carbocycles. The fourth-order valence-electron chi connectivity index (χ4n) is 8.69. The van der Waals surface area contributed by atoms with E-state index in [2.05, 4.69) is 30.6 Å². The van der Waals surface area contributed by atoms with Crippen LogP contribution in [0.5, 0.6) is 11.5 Å². The lowest BCUT2D eigenvalue weighted by molar-refractivity contribution is -0.179. The van der Waals surface area contributed by atoms with Crippen molar-refractivity contribution in [1.82, 2.24) is 9.80 Å². The van der Waals surface area contributed by atoms with E-state index in [1.807, 2.05) is 44.0 Å². The molecule has 7 aliphatic rings. The molecule has 6 aliphatic heterocycles. The van der Waals surface area contributed by atoms with Gasteiger partial charge in [0.2, 0.25) is 11.8 Å². The van der Waals surface area contributed by atoms with Crippen molar-refractivity contribution in [2.24, 2.45) is 11.3 Å². The number of benzene rings is 1. The molecule has 4 saturated heterocycles. The van der Waals surface area contributed by atoms with Crippen molar-refractivity contribution in [1.29, 1.82) is 0 Å². The van der Waals surface area contributed by atoms with Crippen LogP contribution in [-0.2, 0) is 15.0 Å². The number of nitrogens with zero attached hydrogens (tertiary/aromatic N) is 2. The average molecular weight is 476 g/mol. The van der Waals surface area contributed by atoms with Gasteiger partial charge in [-0.1, -0.05) is 26.5 Å². The zero-order valence-corrected chi connectivity index (χ0v) is 21.2. The van der Waals surface area contributed by atoms with Gasteiger partial charge in [0.15, 0.2) is 11.5 Å². The van der Waals surface area contributed by atoms with E-state index < -0.39 is 27.5 Å². The predicted molar refractivity (Wildman–Crippen MR) is 131 cm³/mol. The highest BCUT2D eigenvalue weighted by Crippen LogP contribution is 2.72. The number of likely N-dealkylation sites (N-methyl/N-ethyl adjacent to an activating group) is 1. The summed E-state index contributed by atoms with van der Waals surface area (Å²) in [5.74, 6) is 1.48. The van der Waals surface area contributed by atoms with Gasteiger partial charge in [0, 0.05) is 20.1 Å². The Morgan fingerprint density at radius 3 is 2.71 bits per heavy atom. The normalized spacial score (nSPS) is 39.5. The molecule has 1 aromatic rings. The van der Waals surface area contributed by atoms with Gasteiger partial charge in [0.1, 0.15) is 11.1 Å². The molecule has 2 bridgehead atoms. The largest absolute Gasteiger partial charge is 0.480 e. The summed E-state index contributed by atoms with van der Waals surface area (Å²) in [6.07, 6.45) is 5.71. The second-order valence-corrected chi connectivity index (χ2v) is 12.6. The summed E-state index contributed by atoms with van der Waals surface area (Å²) in [6.45, 7) is 14.4. The summed E-state index contributed by atoms with van der Waals surface area (Å²) in [7, 11) is 1.95. The Labute approximate surface area is 206 Å². The monoisotopic (exact) mass is 475 g/mol. The molecule has 7 heteroatoms. The Kier molecular flexibility index (Phi) is 3.65. The van der Waals surface area contributed by atoms with E-state index in [4.69, 9.17) is 9.47 Å². The van der Waals surface area contributed by atoms with E-state index in [1.54, 1.807) is 6.26 Å². The zero-order chi connectivity index (χ0) is 24.8. The first-order valence-corrected chi connectivity index (χ1v) is 12.6. The SMILES string of the molecule is C=C1CCN2C[C@@]34C[C@@]5(C(=O)Nc6c5ccc5c6OC=CC(C)(C)O5)C(C)(C)[C@@H]3C[C@@]12C(=O)N4C. The maximum absolute atomic E-state index is 14.1. The van der Waals surface area contributed by atoms with E-state index in [9.17, 15) is 9.59 Å². The molecular weight excluding hydrogens is 442 g/mol. The third kappa shape index (κ3) is 2.11. The van der Waals surface area contributed by atoms with Crippen molar-refractivity contribution in [3.63, 3.8) is 0 Å². The Bertz CT molecular complexity index is 1280. The molecular formula is C28H33N3O4. The van der Waals surface area contributed by atoms with Gasteiger partial charge in [-0.05, 0) is 67.7 Å². The zero-order valence-electron chi connectivity index (χ0n) is 21.2. The molecule has 3 spiro atoms. The highest BCUT2D eigenvalue weighted by atomic mass is 16.5. The van der Waals surface area contributed by atoms with E-state index in [1.165, 1.54) is 0 Å². The number of piperazine rings is 1. The molecule has 4 atom stereocenters. The van der Waals surface area contributed by atoms with Crippen molar-refractivity contribution in [3.05, 3.63) is 42.2 Å². The summed E-state index contributed by atoms with van der Waals surface area (Å²) in [5.41, 5.74) is -0.0401. The standard InChI is InChI=1S/C28H33N3O4/c1-16-9-11-31-15-26-14-27(25(4,5)19(26)13-28(16,31)23(33)30(26)6)17-7-8-18-21(20(17)29-22(27)32)34-12-10-24(2,3)35-18/h7-8,10,12,19H,1,9,11,13-15H2,2-6H3,(H,29,32)/t19-,26-,27+,28-/m0/s1. The van der Waals surface area contributed by atoms with E-state index in [0.717, 1.165) is 37.1 Å². The van der Waals surface area contributed by atoms with Crippen LogP contribution >= 0.6 is 0 Å². The summed E-state index contributed by atoms with van der Waals surface area (Å²) >= 11 is 0. The Morgan fingerprint density at radius 1 is 1.17 bits per heavy atom. The van der Waals surface area contributed by atoms with Gasteiger partial charge in [-0.2, -0.15) is 0 Å². The number of ether oxygens (including phenoxy) is 2. The molecule has 1 N–H and O–H groups in total. The highest BCUT2D eigenvalue weighted by molar-refractivity contribution is 6.10. The van der Waals surface area contributed by atoms with Gasteiger partial charge in [-0.15, -0.1) is 0 Å². The molecule has 2 amide bonds. The van der Waals surface area contributed by atoms with Gasteiger partial charge in [0.05, 0.1) is 22.9 Å². The van der Waals surface area contributed by atoms with E-state index >= 15 is 0 Å². The molecule has 5 fully saturated rings. The average Bonchev–Trinajstić information content (AvgIpc) is 3.29. The summed E-state index contributed by atoms with van der Waals surface area (Å²) in [5, 5.41) is 3.20. The topological polar surface area (TPSA) is 71.1 Å². The minimum absolute atomic E-state index is 0.00783. The number of hydrogen-bond acceptors (Lipinski definition) is 5. The van der Waals surface area contributed by atoms with Crippen molar-refractivity contribution >= 4 is 17.5 Å². The second kappa shape index (κ2) is 5.94. The third-order valence-corrected chi connectivity index (χ3v) is 10.5. The number of piperidine rings is 2. The van der Waals surface area contributed by atoms with E-state index in [0.29, 0.717) is 23.6 Å². The third-order valence-electron chi connectivity index (χ3n) is 10.5. The van der Waals surface area contributed by atoms with Gasteiger partial charge in [-0.3, -0.25) is 14.5 Å². The molecule has 7 nitrogen and oxygen atoms in total. The van der Waals surface area contributed by atoms with Crippen molar-refractivity contribution in [3.8, 4) is 11.5 Å². The van der Waals surface area contributed by atoms with Crippen LogP contribution in [0, 0.1) is 11.3 Å². The Morgan fingerprint density at radius 2 is 1.94 bits per heavy atom. The van der Waals surface area contributed by atoms with Crippen LogP contribution in [0.1, 0.15) is 52.5 Å². The first kappa shape index (κ1) is 21.5. The number of anilines is 1. The highest BCUT2D eigenvalue weighted by Gasteiger charge is 2.79. The van der Waals surface area contributed by atoms with Crippen molar-refractivity contribution in [2.75, 3.05) is 25.5 Å². The molecule has 0 aromatic heterocycles. The lowest BCUT2D eigenvalue weighted by Gasteiger charge is -2.64. The molecule has 0 radical (unpaired) electrons. The Balaban J connectivity index is 1.42. The number of rotatable bonds is 0. The molecule has 0 unspecified atom stereocenters.